The van der Waals surface area contributed by atoms with Gasteiger partial charge in [0.05, 0.1) is 11.8 Å². The number of amides is 1. The average molecular weight is 489 g/mol. The molecule has 0 radical (unpaired) electrons. The SMILES string of the molecule is CC(=O)c1cc(F)cnc1N(C(C)=O)C1=CC=CC(c2ccc(CN3CCCCNCC3)cc2)=CC1. The molecular weight excluding hydrogens is 455 g/mol. The summed E-state index contributed by atoms with van der Waals surface area (Å²) >= 11 is 0. The van der Waals surface area contributed by atoms with Crippen molar-refractivity contribution in [2.75, 3.05) is 31.1 Å². The van der Waals surface area contributed by atoms with Crippen molar-refractivity contribution in [3.63, 3.8) is 0 Å². The molecule has 36 heavy (non-hydrogen) atoms. The van der Waals surface area contributed by atoms with Crippen LogP contribution in [0.5, 0.6) is 0 Å². The van der Waals surface area contributed by atoms with Crippen LogP contribution in [-0.4, -0.2) is 47.8 Å². The highest BCUT2D eigenvalue weighted by Crippen LogP contribution is 2.28. The summed E-state index contributed by atoms with van der Waals surface area (Å²) in [6, 6.07) is 9.76. The van der Waals surface area contributed by atoms with Gasteiger partial charge in [-0.1, -0.05) is 42.5 Å². The maximum atomic E-state index is 13.8. The second-order valence-electron chi connectivity index (χ2n) is 9.25. The lowest BCUT2D eigenvalue weighted by Crippen LogP contribution is -2.35. The number of carbonyl (C=O) groups excluding carboxylic acids is 2. The Morgan fingerprint density at radius 1 is 1.11 bits per heavy atom. The maximum absolute atomic E-state index is 13.8. The molecule has 1 aromatic carbocycles. The number of anilines is 1. The predicted octanol–water partition coefficient (Wildman–Crippen LogP) is 4.89. The van der Waals surface area contributed by atoms with Crippen molar-refractivity contribution in [2.45, 2.75) is 39.7 Å². The van der Waals surface area contributed by atoms with Gasteiger partial charge in [0.15, 0.2) is 11.6 Å². The highest BCUT2D eigenvalue weighted by atomic mass is 19.1. The van der Waals surface area contributed by atoms with E-state index < -0.39 is 5.82 Å². The number of benzene rings is 1. The molecule has 1 amide bonds. The zero-order chi connectivity index (χ0) is 25.5. The van der Waals surface area contributed by atoms with E-state index >= 15 is 0 Å². The van der Waals surface area contributed by atoms with Crippen molar-refractivity contribution in [2.24, 2.45) is 0 Å². The van der Waals surface area contributed by atoms with Crippen LogP contribution in [0.3, 0.4) is 0 Å². The van der Waals surface area contributed by atoms with Crippen LogP contribution in [0.4, 0.5) is 10.2 Å². The van der Waals surface area contributed by atoms with E-state index in [0.717, 1.165) is 56.1 Å². The summed E-state index contributed by atoms with van der Waals surface area (Å²) in [5.41, 5.74) is 4.18. The normalized spacial score (nSPS) is 16.9. The number of halogens is 1. The highest BCUT2D eigenvalue weighted by molar-refractivity contribution is 6.04. The number of ketones is 1. The number of hydrogen-bond donors (Lipinski definition) is 1. The molecule has 0 unspecified atom stereocenters. The van der Waals surface area contributed by atoms with Gasteiger partial charge in [0.25, 0.3) is 0 Å². The number of rotatable bonds is 6. The molecule has 0 saturated carbocycles. The first-order valence-corrected chi connectivity index (χ1v) is 12.5. The van der Waals surface area contributed by atoms with Gasteiger partial charge in [0, 0.05) is 38.7 Å². The van der Waals surface area contributed by atoms with Crippen LogP contribution >= 0.6 is 0 Å². The average Bonchev–Trinajstić information content (AvgIpc) is 3.08. The monoisotopic (exact) mass is 488 g/mol. The molecule has 0 spiro atoms. The molecule has 2 heterocycles. The Morgan fingerprint density at radius 2 is 1.92 bits per heavy atom. The summed E-state index contributed by atoms with van der Waals surface area (Å²) < 4.78 is 13.8. The standard InChI is InChI=1S/C29H33FN4O2/c1-21(35)28-18-26(30)19-32-29(28)34(22(2)36)27-7-5-6-24(12-13-27)25-10-8-23(9-11-25)20-33-16-4-3-14-31-15-17-33/h5-12,18-19,31H,3-4,13-17,20H2,1-2H3. The number of allylic oxidation sites excluding steroid dienone is 5. The lowest BCUT2D eigenvalue weighted by molar-refractivity contribution is -0.116. The molecule has 2 aromatic rings. The van der Waals surface area contributed by atoms with Gasteiger partial charge in [-0.2, -0.15) is 0 Å². The Labute approximate surface area is 212 Å². The molecule has 1 saturated heterocycles. The fourth-order valence-electron chi connectivity index (χ4n) is 4.63. The Balaban J connectivity index is 1.50. The third-order valence-corrected chi connectivity index (χ3v) is 6.50. The van der Waals surface area contributed by atoms with Crippen LogP contribution < -0.4 is 10.2 Å². The summed E-state index contributed by atoms with van der Waals surface area (Å²) in [6.45, 7) is 8.03. The number of nitrogens with one attached hydrogen (secondary N) is 1. The molecule has 188 valence electrons. The Kier molecular flexibility index (Phi) is 8.57. The van der Waals surface area contributed by atoms with E-state index in [1.165, 1.54) is 37.2 Å². The van der Waals surface area contributed by atoms with Gasteiger partial charge in [-0.25, -0.2) is 9.37 Å². The minimum atomic E-state index is -0.615. The van der Waals surface area contributed by atoms with Gasteiger partial charge in [0.2, 0.25) is 5.91 Å². The van der Waals surface area contributed by atoms with E-state index in [0.29, 0.717) is 12.1 Å². The molecule has 2 aliphatic rings. The molecule has 1 aliphatic heterocycles. The van der Waals surface area contributed by atoms with E-state index in [2.05, 4.69) is 45.5 Å². The molecular formula is C29H33FN4O2. The smallest absolute Gasteiger partial charge is 0.229 e. The van der Waals surface area contributed by atoms with E-state index in [4.69, 9.17) is 0 Å². The highest BCUT2D eigenvalue weighted by Gasteiger charge is 2.23. The molecule has 1 fully saturated rings. The predicted molar refractivity (Wildman–Crippen MR) is 141 cm³/mol. The van der Waals surface area contributed by atoms with Crippen molar-refractivity contribution in [1.29, 1.82) is 0 Å². The number of nitrogens with zero attached hydrogens (tertiary/aromatic N) is 3. The first-order valence-electron chi connectivity index (χ1n) is 12.5. The summed E-state index contributed by atoms with van der Waals surface area (Å²) in [6.07, 6.45) is 11.7. The zero-order valence-electron chi connectivity index (χ0n) is 21.0. The Morgan fingerprint density at radius 3 is 2.67 bits per heavy atom. The maximum Gasteiger partial charge on any atom is 0.229 e. The fraction of sp³-hybridized carbons (Fsp3) is 0.345. The van der Waals surface area contributed by atoms with Gasteiger partial charge in [-0.05, 0) is 61.7 Å². The zero-order valence-corrected chi connectivity index (χ0v) is 21.0. The molecule has 0 bridgehead atoms. The van der Waals surface area contributed by atoms with Crippen LogP contribution in [0.15, 0.2) is 66.5 Å². The van der Waals surface area contributed by atoms with Crippen molar-refractivity contribution in [3.8, 4) is 0 Å². The summed E-state index contributed by atoms with van der Waals surface area (Å²) in [5.74, 6) is -1.11. The number of aromatic nitrogens is 1. The quantitative estimate of drug-likeness (QED) is 0.587. The molecule has 1 aromatic heterocycles. The Hall–Kier alpha value is -3.42. The van der Waals surface area contributed by atoms with Crippen molar-refractivity contribution in [3.05, 3.63) is 89.0 Å². The van der Waals surface area contributed by atoms with Crippen molar-refractivity contribution in [1.82, 2.24) is 15.2 Å². The van der Waals surface area contributed by atoms with E-state index in [9.17, 15) is 14.0 Å². The lowest BCUT2D eigenvalue weighted by atomic mass is 10.0. The second-order valence-corrected chi connectivity index (χ2v) is 9.25. The largest absolute Gasteiger partial charge is 0.315 e. The lowest BCUT2D eigenvalue weighted by Gasteiger charge is -2.25. The summed E-state index contributed by atoms with van der Waals surface area (Å²) in [4.78, 5) is 32.7. The summed E-state index contributed by atoms with van der Waals surface area (Å²) in [7, 11) is 0. The topological polar surface area (TPSA) is 65.5 Å². The minimum absolute atomic E-state index is 0.0786. The van der Waals surface area contributed by atoms with E-state index in [1.807, 2.05) is 18.2 Å². The van der Waals surface area contributed by atoms with Crippen molar-refractivity contribution < 1.29 is 14.0 Å². The van der Waals surface area contributed by atoms with Gasteiger partial charge < -0.3 is 5.32 Å². The summed E-state index contributed by atoms with van der Waals surface area (Å²) in [5, 5.41) is 3.48. The van der Waals surface area contributed by atoms with Crippen LogP contribution in [0.1, 0.15) is 54.6 Å². The third-order valence-electron chi connectivity index (χ3n) is 6.50. The van der Waals surface area contributed by atoms with E-state index in [-0.39, 0.29) is 23.1 Å². The number of pyridine rings is 1. The molecule has 4 rings (SSSR count). The molecule has 1 aliphatic carbocycles. The first-order chi connectivity index (χ1) is 17.4. The van der Waals surface area contributed by atoms with Crippen LogP contribution in [0.2, 0.25) is 0 Å². The van der Waals surface area contributed by atoms with Crippen LogP contribution in [0, 0.1) is 5.82 Å². The minimum Gasteiger partial charge on any atom is -0.315 e. The number of carbonyl (C=O) groups is 2. The van der Waals surface area contributed by atoms with Crippen LogP contribution in [-0.2, 0) is 11.3 Å². The third kappa shape index (κ3) is 6.42. The first kappa shape index (κ1) is 25.7. The van der Waals surface area contributed by atoms with E-state index in [1.54, 1.807) is 0 Å². The molecule has 7 heteroatoms. The van der Waals surface area contributed by atoms with Gasteiger partial charge >= 0.3 is 0 Å². The van der Waals surface area contributed by atoms with Gasteiger partial charge in [0.1, 0.15) is 5.82 Å². The molecule has 6 nitrogen and oxygen atoms in total. The Bertz CT molecular complexity index is 1190. The fourth-order valence-corrected chi connectivity index (χ4v) is 4.63. The van der Waals surface area contributed by atoms with Crippen LogP contribution in [0.25, 0.3) is 5.57 Å². The number of hydrogen-bond acceptors (Lipinski definition) is 5. The van der Waals surface area contributed by atoms with Gasteiger partial charge in [-0.15, -0.1) is 0 Å². The second kappa shape index (κ2) is 12.0. The number of Topliss-reactive ketones (excluding diaryl/α,β-unsaturated/α-hetero) is 1. The van der Waals surface area contributed by atoms with Crippen molar-refractivity contribution >= 4 is 23.1 Å². The van der Waals surface area contributed by atoms with Gasteiger partial charge in [-0.3, -0.25) is 19.4 Å². The molecule has 1 N–H and O–H groups in total. The molecule has 0 atom stereocenters.